The van der Waals surface area contributed by atoms with E-state index in [1.54, 1.807) is 13.8 Å². The van der Waals surface area contributed by atoms with Crippen LogP contribution < -0.4 is 0 Å². The molecule has 0 bridgehead atoms. The normalized spacial score (nSPS) is 12.2. The largest absolute Gasteiger partial charge is 0.466 e. The second-order valence-corrected chi connectivity index (χ2v) is 4.19. The van der Waals surface area contributed by atoms with E-state index in [-0.39, 0.29) is 24.1 Å². The van der Waals surface area contributed by atoms with Gasteiger partial charge < -0.3 is 4.74 Å². The van der Waals surface area contributed by atoms with Crippen molar-refractivity contribution >= 4 is 11.8 Å². The van der Waals surface area contributed by atoms with Crippen LogP contribution >= 0.6 is 0 Å². The molecule has 0 amide bonds. The van der Waals surface area contributed by atoms with Crippen LogP contribution in [-0.4, -0.2) is 18.4 Å². The Labute approximate surface area is 98.6 Å². The van der Waals surface area contributed by atoms with Crippen molar-refractivity contribution < 1.29 is 14.3 Å². The van der Waals surface area contributed by atoms with E-state index in [9.17, 15) is 9.59 Å². The van der Waals surface area contributed by atoms with E-state index < -0.39 is 0 Å². The minimum Gasteiger partial charge on any atom is -0.466 e. The van der Waals surface area contributed by atoms with Crippen LogP contribution in [0.5, 0.6) is 0 Å². The topological polar surface area (TPSA) is 43.4 Å². The molecule has 0 heterocycles. The zero-order valence-corrected chi connectivity index (χ0v) is 10.8. The number of hydrogen-bond donors (Lipinski definition) is 0. The molecule has 94 valence electrons. The third-order valence-electron chi connectivity index (χ3n) is 2.60. The molecule has 0 spiro atoms. The Hall–Kier alpha value is -0.860. The van der Waals surface area contributed by atoms with E-state index in [0.717, 1.165) is 12.8 Å². The van der Waals surface area contributed by atoms with Crippen LogP contribution in [0.2, 0.25) is 0 Å². The van der Waals surface area contributed by atoms with Gasteiger partial charge in [-0.05, 0) is 13.3 Å². The first kappa shape index (κ1) is 15.1. The van der Waals surface area contributed by atoms with Crippen LogP contribution in [0.4, 0.5) is 0 Å². The van der Waals surface area contributed by atoms with Crippen LogP contribution in [-0.2, 0) is 14.3 Å². The van der Waals surface area contributed by atoms with E-state index in [1.165, 1.54) is 12.8 Å². The van der Waals surface area contributed by atoms with Gasteiger partial charge in [0.15, 0.2) is 0 Å². The molecule has 0 aliphatic rings. The lowest BCUT2D eigenvalue weighted by atomic mass is 9.98. The maximum absolute atomic E-state index is 11.6. The summed E-state index contributed by atoms with van der Waals surface area (Å²) in [7, 11) is 0. The Kier molecular flexibility index (Phi) is 8.87. The van der Waals surface area contributed by atoms with Gasteiger partial charge >= 0.3 is 5.97 Å². The highest BCUT2D eigenvalue weighted by atomic mass is 16.5. The SMILES string of the molecule is CCCCCCC(=O)C(C)CC(=O)OCC. The van der Waals surface area contributed by atoms with E-state index in [4.69, 9.17) is 4.74 Å². The summed E-state index contributed by atoms with van der Waals surface area (Å²) in [6, 6.07) is 0. The van der Waals surface area contributed by atoms with E-state index in [0.29, 0.717) is 13.0 Å². The number of rotatable bonds is 9. The number of esters is 1. The van der Waals surface area contributed by atoms with Gasteiger partial charge in [0, 0.05) is 12.3 Å². The van der Waals surface area contributed by atoms with Gasteiger partial charge in [-0.1, -0.05) is 33.1 Å². The molecule has 0 aliphatic heterocycles. The summed E-state index contributed by atoms with van der Waals surface area (Å²) in [5.41, 5.74) is 0. The number of ketones is 1. The second-order valence-electron chi connectivity index (χ2n) is 4.19. The lowest BCUT2D eigenvalue weighted by Gasteiger charge is -2.09. The van der Waals surface area contributed by atoms with Crippen molar-refractivity contribution in [1.29, 1.82) is 0 Å². The minimum absolute atomic E-state index is 0.184. The predicted octanol–water partition coefficient (Wildman–Crippen LogP) is 3.12. The number of Topliss-reactive ketones (excluding diaryl/α,β-unsaturated/α-hetero) is 1. The number of carbonyl (C=O) groups is 2. The average molecular weight is 228 g/mol. The summed E-state index contributed by atoms with van der Waals surface area (Å²) >= 11 is 0. The maximum atomic E-state index is 11.6. The number of unbranched alkanes of at least 4 members (excludes halogenated alkanes) is 3. The fraction of sp³-hybridized carbons (Fsp3) is 0.846. The van der Waals surface area contributed by atoms with Crippen molar-refractivity contribution in [3.63, 3.8) is 0 Å². The van der Waals surface area contributed by atoms with Crippen molar-refractivity contribution in [1.82, 2.24) is 0 Å². The van der Waals surface area contributed by atoms with Gasteiger partial charge in [0.1, 0.15) is 5.78 Å². The summed E-state index contributed by atoms with van der Waals surface area (Å²) < 4.78 is 4.81. The van der Waals surface area contributed by atoms with E-state index in [1.807, 2.05) is 0 Å². The van der Waals surface area contributed by atoms with Crippen molar-refractivity contribution in [3.8, 4) is 0 Å². The van der Waals surface area contributed by atoms with Gasteiger partial charge in [-0.2, -0.15) is 0 Å². The van der Waals surface area contributed by atoms with Gasteiger partial charge in [0.2, 0.25) is 0 Å². The molecule has 1 unspecified atom stereocenters. The molecular weight excluding hydrogens is 204 g/mol. The number of hydrogen-bond acceptors (Lipinski definition) is 3. The summed E-state index contributed by atoms with van der Waals surface area (Å²) in [5, 5.41) is 0. The Bertz CT molecular complexity index is 211. The third kappa shape index (κ3) is 7.43. The molecular formula is C13H24O3. The van der Waals surface area contributed by atoms with E-state index in [2.05, 4.69) is 6.92 Å². The van der Waals surface area contributed by atoms with Gasteiger partial charge in [-0.15, -0.1) is 0 Å². The fourth-order valence-electron chi connectivity index (χ4n) is 1.56. The Morgan fingerprint density at radius 3 is 2.38 bits per heavy atom. The summed E-state index contributed by atoms with van der Waals surface area (Å²) in [6.45, 7) is 6.11. The number of ether oxygens (including phenoxy) is 1. The molecule has 0 rings (SSSR count). The van der Waals surface area contributed by atoms with Gasteiger partial charge in [0.25, 0.3) is 0 Å². The Balaban J connectivity index is 3.68. The second kappa shape index (κ2) is 9.37. The van der Waals surface area contributed by atoms with Crippen LogP contribution in [0.25, 0.3) is 0 Å². The molecule has 0 saturated heterocycles. The molecule has 0 N–H and O–H groups in total. The molecule has 0 saturated carbocycles. The van der Waals surface area contributed by atoms with Crippen molar-refractivity contribution in [3.05, 3.63) is 0 Å². The highest BCUT2D eigenvalue weighted by Gasteiger charge is 2.16. The van der Waals surface area contributed by atoms with Crippen LogP contribution in [0.1, 0.15) is 59.3 Å². The highest BCUT2D eigenvalue weighted by molar-refractivity contribution is 5.84. The standard InChI is InChI=1S/C13H24O3/c1-4-6-7-8-9-12(14)11(3)10-13(15)16-5-2/h11H,4-10H2,1-3H3. The minimum atomic E-state index is -0.267. The van der Waals surface area contributed by atoms with Crippen molar-refractivity contribution in [2.45, 2.75) is 59.3 Å². The van der Waals surface area contributed by atoms with Crippen LogP contribution in [0.15, 0.2) is 0 Å². The Morgan fingerprint density at radius 1 is 1.12 bits per heavy atom. The molecule has 3 nitrogen and oxygen atoms in total. The van der Waals surface area contributed by atoms with Crippen molar-refractivity contribution in [2.24, 2.45) is 5.92 Å². The lowest BCUT2D eigenvalue weighted by molar-refractivity contribution is -0.145. The summed E-state index contributed by atoms with van der Waals surface area (Å²) in [4.78, 5) is 22.8. The quantitative estimate of drug-likeness (QED) is 0.450. The molecule has 0 fully saturated rings. The van der Waals surface area contributed by atoms with Crippen LogP contribution in [0, 0.1) is 5.92 Å². The highest BCUT2D eigenvalue weighted by Crippen LogP contribution is 2.11. The third-order valence-corrected chi connectivity index (χ3v) is 2.60. The molecule has 0 aliphatic carbocycles. The first-order valence-electron chi connectivity index (χ1n) is 6.30. The molecule has 0 aromatic heterocycles. The maximum Gasteiger partial charge on any atom is 0.306 e. The number of carbonyl (C=O) groups excluding carboxylic acids is 2. The smallest absolute Gasteiger partial charge is 0.306 e. The zero-order valence-electron chi connectivity index (χ0n) is 10.8. The Morgan fingerprint density at radius 2 is 1.81 bits per heavy atom. The zero-order chi connectivity index (χ0) is 12.4. The molecule has 0 radical (unpaired) electrons. The van der Waals surface area contributed by atoms with Crippen LogP contribution in [0.3, 0.4) is 0 Å². The summed E-state index contributed by atoms with van der Waals surface area (Å²) in [5.74, 6) is -0.276. The molecule has 16 heavy (non-hydrogen) atoms. The predicted molar refractivity (Wildman–Crippen MR) is 64.2 cm³/mol. The lowest BCUT2D eigenvalue weighted by Crippen LogP contribution is -2.17. The molecule has 0 aromatic carbocycles. The molecule has 1 atom stereocenters. The summed E-state index contributed by atoms with van der Waals surface area (Å²) in [6.07, 6.45) is 5.22. The van der Waals surface area contributed by atoms with Gasteiger partial charge in [0.05, 0.1) is 13.0 Å². The van der Waals surface area contributed by atoms with Gasteiger partial charge in [-0.25, -0.2) is 0 Å². The van der Waals surface area contributed by atoms with E-state index >= 15 is 0 Å². The molecule has 3 heteroatoms. The molecule has 0 aromatic rings. The fourth-order valence-corrected chi connectivity index (χ4v) is 1.56. The monoisotopic (exact) mass is 228 g/mol. The average Bonchev–Trinajstić information content (AvgIpc) is 2.24. The van der Waals surface area contributed by atoms with Crippen molar-refractivity contribution in [2.75, 3.05) is 6.61 Å². The first-order valence-corrected chi connectivity index (χ1v) is 6.30. The first-order chi connectivity index (χ1) is 7.61. The van der Waals surface area contributed by atoms with Gasteiger partial charge in [-0.3, -0.25) is 9.59 Å².